The summed E-state index contributed by atoms with van der Waals surface area (Å²) in [5, 5.41) is 3.13. The van der Waals surface area contributed by atoms with Crippen molar-refractivity contribution in [3.05, 3.63) is 24.0 Å². The summed E-state index contributed by atoms with van der Waals surface area (Å²) in [7, 11) is -0.463. The van der Waals surface area contributed by atoms with E-state index in [0.29, 0.717) is 11.6 Å². The highest BCUT2D eigenvalue weighted by Crippen LogP contribution is 2.36. The number of hydrogen-bond donors (Lipinski definition) is 1. The van der Waals surface area contributed by atoms with Gasteiger partial charge in [-0.3, -0.25) is 0 Å². The van der Waals surface area contributed by atoms with Gasteiger partial charge in [0.2, 0.25) is 0 Å². The summed E-state index contributed by atoms with van der Waals surface area (Å²) in [6, 6.07) is 4.96. The largest absolute Gasteiger partial charge is 0.494 e. The molecule has 1 heterocycles. The standard InChI is InChI=1S/C16H25BFNO2/c1-11(2)10-19-14-9-12(7-8-13(14)18)17-20-15(3,4)16(5,6)21-17/h7-9,11,19H,10H2,1-6H3. The van der Waals surface area contributed by atoms with Gasteiger partial charge in [0.15, 0.2) is 0 Å². The highest BCUT2D eigenvalue weighted by atomic mass is 19.1. The molecule has 1 saturated heterocycles. The lowest BCUT2D eigenvalue weighted by atomic mass is 9.79. The van der Waals surface area contributed by atoms with Gasteiger partial charge in [-0.05, 0) is 51.2 Å². The van der Waals surface area contributed by atoms with E-state index in [1.165, 1.54) is 6.07 Å². The highest BCUT2D eigenvalue weighted by Gasteiger charge is 2.51. The molecule has 1 aliphatic rings. The minimum absolute atomic E-state index is 0.254. The van der Waals surface area contributed by atoms with E-state index in [2.05, 4.69) is 19.2 Å². The molecule has 2 rings (SSSR count). The van der Waals surface area contributed by atoms with Gasteiger partial charge in [-0.25, -0.2) is 4.39 Å². The normalized spacial score (nSPS) is 20.1. The zero-order valence-electron chi connectivity index (χ0n) is 13.8. The van der Waals surface area contributed by atoms with Crippen LogP contribution in [0.2, 0.25) is 0 Å². The van der Waals surface area contributed by atoms with Gasteiger partial charge in [-0.2, -0.15) is 0 Å². The molecule has 0 amide bonds. The molecule has 21 heavy (non-hydrogen) atoms. The third-order valence-corrected chi connectivity index (χ3v) is 4.22. The summed E-state index contributed by atoms with van der Waals surface area (Å²) < 4.78 is 25.9. The topological polar surface area (TPSA) is 30.5 Å². The maximum atomic E-state index is 13.9. The molecule has 0 radical (unpaired) electrons. The molecule has 0 atom stereocenters. The maximum absolute atomic E-state index is 13.9. The summed E-state index contributed by atoms with van der Waals surface area (Å²) in [5.74, 6) is 0.195. The van der Waals surface area contributed by atoms with Crippen molar-refractivity contribution in [2.45, 2.75) is 52.7 Å². The molecular formula is C16H25BFNO2. The Hall–Kier alpha value is -1.07. The van der Waals surface area contributed by atoms with Crippen LogP contribution < -0.4 is 10.8 Å². The quantitative estimate of drug-likeness (QED) is 0.865. The third kappa shape index (κ3) is 3.41. The molecule has 1 aliphatic heterocycles. The minimum Gasteiger partial charge on any atom is -0.399 e. The first-order valence-corrected chi connectivity index (χ1v) is 7.51. The van der Waals surface area contributed by atoms with Crippen LogP contribution in [0.4, 0.5) is 10.1 Å². The molecule has 0 unspecified atom stereocenters. The van der Waals surface area contributed by atoms with Crippen LogP contribution in [-0.4, -0.2) is 24.9 Å². The average molecular weight is 293 g/mol. The second-order valence-corrected chi connectivity index (χ2v) is 7.10. The van der Waals surface area contributed by atoms with E-state index in [1.807, 2.05) is 27.7 Å². The van der Waals surface area contributed by atoms with Crippen molar-refractivity contribution >= 4 is 18.3 Å². The van der Waals surface area contributed by atoms with Gasteiger partial charge in [0.1, 0.15) is 5.82 Å². The van der Waals surface area contributed by atoms with Gasteiger partial charge in [0.05, 0.1) is 16.9 Å². The van der Waals surface area contributed by atoms with Crippen molar-refractivity contribution in [3.8, 4) is 0 Å². The van der Waals surface area contributed by atoms with Gasteiger partial charge < -0.3 is 14.6 Å². The number of halogens is 1. The van der Waals surface area contributed by atoms with E-state index < -0.39 is 18.3 Å². The number of nitrogens with one attached hydrogen (secondary N) is 1. The Balaban J connectivity index is 2.20. The SMILES string of the molecule is CC(C)CNc1cc(B2OC(C)(C)C(C)(C)O2)ccc1F. The zero-order valence-corrected chi connectivity index (χ0v) is 13.8. The Bertz CT molecular complexity index is 501. The molecule has 0 saturated carbocycles. The van der Waals surface area contributed by atoms with Crippen molar-refractivity contribution in [3.63, 3.8) is 0 Å². The Labute approximate surface area is 127 Å². The van der Waals surface area contributed by atoms with Crippen molar-refractivity contribution in [1.82, 2.24) is 0 Å². The predicted molar refractivity (Wildman–Crippen MR) is 85.4 cm³/mol. The lowest BCUT2D eigenvalue weighted by Crippen LogP contribution is -2.41. The summed E-state index contributed by atoms with van der Waals surface area (Å²) in [4.78, 5) is 0. The first-order chi connectivity index (χ1) is 9.62. The third-order valence-electron chi connectivity index (χ3n) is 4.22. The highest BCUT2D eigenvalue weighted by molar-refractivity contribution is 6.62. The monoisotopic (exact) mass is 293 g/mol. The van der Waals surface area contributed by atoms with Crippen LogP contribution in [0.5, 0.6) is 0 Å². The number of hydrogen-bond acceptors (Lipinski definition) is 3. The summed E-state index contributed by atoms with van der Waals surface area (Å²) >= 11 is 0. The molecule has 3 nitrogen and oxygen atoms in total. The van der Waals surface area contributed by atoms with Crippen LogP contribution in [0, 0.1) is 11.7 Å². The van der Waals surface area contributed by atoms with Crippen molar-refractivity contribution in [1.29, 1.82) is 0 Å². The Kier molecular flexibility index (Phi) is 4.36. The molecule has 1 aromatic carbocycles. The van der Waals surface area contributed by atoms with Crippen molar-refractivity contribution in [2.75, 3.05) is 11.9 Å². The van der Waals surface area contributed by atoms with E-state index in [-0.39, 0.29) is 5.82 Å². The van der Waals surface area contributed by atoms with E-state index in [9.17, 15) is 4.39 Å². The molecule has 116 valence electrons. The van der Waals surface area contributed by atoms with Gasteiger partial charge in [0, 0.05) is 6.54 Å². The molecule has 1 fully saturated rings. The number of rotatable bonds is 4. The maximum Gasteiger partial charge on any atom is 0.494 e. The van der Waals surface area contributed by atoms with Crippen molar-refractivity contribution in [2.24, 2.45) is 5.92 Å². The van der Waals surface area contributed by atoms with E-state index in [1.54, 1.807) is 12.1 Å². The van der Waals surface area contributed by atoms with Crippen molar-refractivity contribution < 1.29 is 13.7 Å². The average Bonchev–Trinajstić information content (AvgIpc) is 2.57. The van der Waals surface area contributed by atoms with E-state index in [4.69, 9.17) is 9.31 Å². The zero-order chi connectivity index (χ0) is 15.8. The van der Waals surface area contributed by atoms with Gasteiger partial charge in [0.25, 0.3) is 0 Å². The molecular weight excluding hydrogens is 268 g/mol. The van der Waals surface area contributed by atoms with Crippen LogP contribution in [0.1, 0.15) is 41.5 Å². The minimum atomic E-state index is -0.463. The Morgan fingerprint density at radius 2 is 1.71 bits per heavy atom. The molecule has 0 spiro atoms. The van der Waals surface area contributed by atoms with Crippen LogP contribution in [0.3, 0.4) is 0 Å². The number of anilines is 1. The van der Waals surface area contributed by atoms with Crippen LogP contribution >= 0.6 is 0 Å². The van der Waals surface area contributed by atoms with Gasteiger partial charge in [-0.1, -0.05) is 19.9 Å². The fourth-order valence-electron chi connectivity index (χ4n) is 2.12. The summed E-state index contributed by atoms with van der Waals surface area (Å²) in [5.41, 5.74) is 0.548. The smallest absolute Gasteiger partial charge is 0.399 e. The second kappa shape index (κ2) is 5.62. The van der Waals surface area contributed by atoms with Crippen LogP contribution in [0.15, 0.2) is 18.2 Å². The molecule has 1 aromatic rings. The first-order valence-electron chi connectivity index (χ1n) is 7.51. The Morgan fingerprint density at radius 3 is 2.24 bits per heavy atom. The fraction of sp³-hybridized carbons (Fsp3) is 0.625. The van der Waals surface area contributed by atoms with Crippen LogP contribution in [0.25, 0.3) is 0 Å². The van der Waals surface area contributed by atoms with E-state index in [0.717, 1.165) is 12.0 Å². The lowest BCUT2D eigenvalue weighted by molar-refractivity contribution is 0.00578. The number of benzene rings is 1. The van der Waals surface area contributed by atoms with E-state index >= 15 is 0 Å². The molecule has 0 aromatic heterocycles. The molecule has 0 aliphatic carbocycles. The Morgan fingerprint density at radius 1 is 1.14 bits per heavy atom. The van der Waals surface area contributed by atoms with Crippen LogP contribution in [-0.2, 0) is 9.31 Å². The summed E-state index contributed by atoms with van der Waals surface area (Å²) in [6.07, 6.45) is 0. The molecule has 0 bridgehead atoms. The predicted octanol–water partition coefficient (Wildman–Crippen LogP) is 3.19. The second-order valence-electron chi connectivity index (χ2n) is 7.10. The van der Waals surface area contributed by atoms with Gasteiger partial charge in [-0.15, -0.1) is 0 Å². The molecule has 5 heteroatoms. The van der Waals surface area contributed by atoms with Gasteiger partial charge >= 0.3 is 7.12 Å². The molecule has 1 N–H and O–H groups in total. The lowest BCUT2D eigenvalue weighted by Gasteiger charge is -2.32. The summed E-state index contributed by atoms with van der Waals surface area (Å²) in [6.45, 7) is 12.9. The first kappa shape index (κ1) is 16.3. The fourth-order valence-corrected chi connectivity index (χ4v) is 2.12.